The number of benzene rings is 1. The Balaban J connectivity index is 3.32. The first-order valence-corrected chi connectivity index (χ1v) is 4.90. The third-order valence-electron chi connectivity index (χ3n) is 2.33. The van der Waals surface area contributed by atoms with E-state index >= 15 is 0 Å². The highest BCUT2D eigenvalue weighted by Gasteiger charge is 2.11. The number of allylic oxidation sites excluding steroid dienone is 1. The van der Waals surface area contributed by atoms with Gasteiger partial charge in [0.1, 0.15) is 5.75 Å². The van der Waals surface area contributed by atoms with Gasteiger partial charge in [-0.3, -0.25) is 0 Å². The van der Waals surface area contributed by atoms with Gasteiger partial charge in [0.15, 0.2) is 0 Å². The van der Waals surface area contributed by atoms with Gasteiger partial charge in [0, 0.05) is 5.56 Å². The summed E-state index contributed by atoms with van der Waals surface area (Å²) in [6.07, 6.45) is 0. The first-order valence-electron chi connectivity index (χ1n) is 4.90. The molecule has 1 aromatic rings. The van der Waals surface area contributed by atoms with E-state index in [9.17, 15) is 0 Å². The van der Waals surface area contributed by atoms with E-state index in [-0.39, 0.29) is 0 Å². The largest absolute Gasteiger partial charge is 0.496 e. The van der Waals surface area contributed by atoms with Crippen LogP contribution in [0.2, 0.25) is 0 Å². The van der Waals surface area contributed by atoms with Gasteiger partial charge in [-0.25, -0.2) is 0 Å². The molecular formula is C13H18O. The molecule has 1 rings (SSSR count). The first kappa shape index (κ1) is 10.8. The summed E-state index contributed by atoms with van der Waals surface area (Å²) >= 11 is 0. The van der Waals surface area contributed by atoms with Crippen LogP contribution in [-0.2, 0) is 0 Å². The van der Waals surface area contributed by atoms with Crippen molar-refractivity contribution in [3.05, 3.63) is 35.9 Å². The maximum absolute atomic E-state index is 5.44. The Hall–Kier alpha value is -1.24. The maximum atomic E-state index is 5.44. The van der Waals surface area contributed by atoms with Crippen molar-refractivity contribution in [3.8, 4) is 5.75 Å². The lowest BCUT2D eigenvalue weighted by atomic mass is 9.96. The highest BCUT2D eigenvalue weighted by Crippen LogP contribution is 2.33. The third kappa shape index (κ3) is 1.98. The maximum Gasteiger partial charge on any atom is 0.129 e. The fraction of sp³-hybridized carbons (Fsp3) is 0.385. The predicted octanol–water partition coefficient (Wildman–Crippen LogP) is 3.85. The average Bonchev–Trinajstić information content (AvgIpc) is 2.16. The molecular weight excluding hydrogens is 172 g/mol. The molecule has 0 N–H and O–H groups in total. The lowest BCUT2D eigenvalue weighted by molar-refractivity contribution is 0.406. The molecule has 0 heterocycles. The molecule has 14 heavy (non-hydrogen) atoms. The summed E-state index contributed by atoms with van der Waals surface area (Å²) in [7, 11) is 1.72. The fourth-order valence-electron chi connectivity index (χ4n) is 1.57. The summed E-state index contributed by atoms with van der Waals surface area (Å²) in [4.78, 5) is 0. The Kier molecular flexibility index (Phi) is 3.34. The average molecular weight is 190 g/mol. The van der Waals surface area contributed by atoms with E-state index in [1.165, 1.54) is 5.56 Å². The molecule has 0 aliphatic heterocycles. The van der Waals surface area contributed by atoms with Crippen LogP contribution in [0.15, 0.2) is 24.8 Å². The Morgan fingerprint density at radius 1 is 1.36 bits per heavy atom. The molecule has 0 radical (unpaired) electrons. The SMILES string of the molecule is C=C(C)c1cccc(C(C)C)c1OC. The van der Waals surface area contributed by atoms with Crippen LogP contribution >= 0.6 is 0 Å². The molecule has 0 fully saturated rings. The van der Waals surface area contributed by atoms with Gasteiger partial charge in [0.25, 0.3) is 0 Å². The quantitative estimate of drug-likeness (QED) is 0.703. The van der Waals surface area contributed by atoms with Gasteiger partial charge in [-0.2, -0.15) is 0 Å². The topological polar surface area (TPSA) is 9.23 Å². The molecule has 1 heteroatoms. The highest BCUT2D eigenvalue weighted by molar-refractivity contribution is 5.69. The van der Waals surface area contributed by atoms with Crippen LogP contribution in [0.5, 0.6) is 5.75 Å². The molecule has 0 atom stereocenters. The van der Waals surface area contributed by atoms with Crippen molar-refractivity contribution in [2.24, 2.45) is 0 Å². The number of methoxy groups -OCH3 is 1. The summed E-state index contributed by atoms with van der Waals surface area (Å²) in [5.41, 5.74) is 3.40. The van der Waals surface area contributed by atoms with Crippen LogP contribution < -0.4 is 4.74 Å². The Morgan fingerprint density at radius 3 is 2.43 bits per heavy atom. The second kappa shape index (κ2) is 4.32. The number of hydrogen-bond acceptors (Lipinski definition) is 1. The van der Waals surface area contributed by atoms with Crippen molar-refractivity contribution in [1.29, 1.82) is 0 Å². The van der Waals surface area contributed by atoms with Crippen LogP contribution in [0.1, 0.15) is 37.8 Å². The zero-order valence-electron chi connectivity index (χ0n) is 9.42. The fourth-order valence-corrected chi connectivity index (χ4v) is 1.57. The van der Waals surface area contributed by atoms with E-state index in [0.717, 1.165) is 16.9 Å². The molecule has 0 saturated heterocycles. The third-order valence-corrected chi connectivity index (χ3v) is 2.33. The lowest BCUT2D eigenvalue weighted by Gasteiger charge is -2.15. The monoisotopic (exact) mass is 190 g/mol. The molecule has 0 aliphatic carbocycles. The van der Waals surface area contributed by atoms with Crippen LogP contribution in [0, 0.1) is 0 Å². The van der Waals surface area contributed by atoms with Crippen LogP contribution in [0.3, 0.4) is 0 Å². The van der Waals surface area contributed by atoms with E-state index < -0.39 is 0 Å². The van der Waals surface area contributed by atoms with E-state index in [2.05, 4.69) is 32.6 Å². The molecule has 76 valence electrons. The predicted molar refractivity (Wildman–Crippen MR) is 61.8 cm³/mol. The minimum atomic E-state index is 0.476. The Labute approximate surface area is 86.4 Å². The zero-order chi connectivity index (χ0) is 10.7. The van der Waals surface area contributed by atoms with E-state index in [1.807, 2.05) is 13.0 Å². The Bertz CT molecular complexity index is 337. The summed E-state index contributed by atoms with van der Waals surface area (Å²) in [6.45, 7) is 10.3. The molecule has 0 amide bonds. The molecule has 0 bridgehead atoms. The molecule has 0 unspecified atom stereocenters. The van der Waals surface area contributed by atoms with Crippen molar-refractivity contribution >= 4 is 5.57 Å². The molecule has 0 spiro atoms. The second-order valence-corrected chi connectivity index (χ2v) is 3.86. The van der Waals surface area contributed by atoms with Crippen molar-refractivity contribution < 1.29 is 4.74 Å². The van der Waals surface area contributed by atoms with Crippen LogP contribution in [0.4, 0.5) is 0 Å². The second-order valence-electron chi connectivity index (χ2n) is 3.86. The Morgan fingerprint density at radius 2 is 2.00 bits per heavy atom. The lowest BCUT2D eigenvalue weighted by Crippen LogP contribution is -1.97. The van der Waals surface area contributed by atoms with Crippen molar-refractivity contribution in [2.45, 2.75) is 26.7 Å². The van der Waals surface area contributed by atoms with Gasteiger partial charge < -0.3 is 4.74 Å². The minimum absolute atomic E-state index is 0.476. The number of rotatable bonds is 3. The zero-order valence-corrected chi connectivity index (χ0v) is 9.42. The highest BCUT2D eigenvalue weighted by atomic mass is 16.5. The van der Waals surface area contributed by atoms with Crippen LogP contribution in [0.25, 0.3) is 5.57 Å². The normalized spacial score (nSPS) is 10.4. The van der Waals surface area contributed by atoms with Gasteiger partial charge in [-0.15, -0.1) is 0 Å². The number of para-hydroxylation sites is 1. The summed E-state index contributed by atoms with van der Waals surface area (Å²) < 4.78 is 5.44. The summed E-state index contributed by atoms with van der Waals surface area (Å²) in [5, 5.41) is 0. The van der Waals surface area contributed by atoms with Gasteiger partial charge in [0.05, 0.1) is 7.11 Å². The van der Waals surface area contributed by atoms with Crippen LogP contribution in [-0.4, -0.2) is 7.11 Å². The summed E-state index contributed by atoms with van der Waals surface area (Å²) in [6, 6.07) is 6.21. The van der Waals surface area contributed by atoms with E-state index in [1.54, 1.807) is 7.11 Å². The number of ether oxygens (including phenoxy) is 1. The molecule has 0 saturated carbocycles. The smallest absolute Gasteiger partial charge is 0.129 e. The minimum Gasteiger partial charge on any atom is -0.496 e. The van der Waals surface area contributed by atoms with Crippen molar-refractivity contribution in [1.82, 2.24) is 0 Å². The molecule has 0 aliphatic rings. The molecule has 1 aromatic carbocycles. The van der Waals surface area contributed by atoms with E-state index in [4.69, 9.17) is 4.74 Å². The van der Waals surface area contributed by atoms with Gasteiger partial charge in [-0.1, -0.05) is 38.6 Å². The number of hydrogen-bond donors (Lipinski definition) is 0. The molecule has 0 aromatic heterocycles. The van der Waals surface area contributed by atoms with E-state index in [0.29, 0.717) is 5.92 Å². The first-order chi connectivity index (χ1) is 6.57. The van der Waals surface area contributed by atoms with Gasteiger partial charge >= 0.3 is 0 Å². The van der Waals surface area contributed by atoms with Gasteiger partial charge in [0.2, 0.25) is 0 Å². The standard InChI is InChI=1S/C13H18O/c1-9(2)11-7-6-8-12(10(3)4)13(11)14-5/h6-8,10H,1H2,2-5H3. The van der Waals surface area contributed by atoms with Crippen molar-refractivity contribution in [2.75, 3.05) is 7.11 Å². The molecule has 1 nitrogen and oxygen atoms in total. The van der Waals surface area contributed by atoms with Gasteiger partial charge in [-0.05, 0) is 24.0 Å². The van der Waals surface area contributed by atoms with Crippen molar-refractivity contribution in [3.63, 3.8) is 0 Å². The summed E-state index contributed by atoms with van der Waals surface area (Å²) in [5.74, 6) is 1.44.